The largest absolute Gasteiger partial charge is 0.489 e. The minimum absolute atomic E-state index is 0.195. The fourth-order valence-corrected chi connectivity index (χ4v) is 1.79. The molecule has 0 aliphatic heterocycles. The molecule has 0 atom stereocenters. The summed E-state index contributed by atoms with van der Waals surface area (Å²) in [4.78, 5) is 0. The second-order valence-corrected chi connectivity index (χ2v) is 4.31. The van der Waals surface area contributed by atoms with Crippen LogP contribution in [0.25, 0.3) is 0 Å². The molecule has 2 rings (SSSR count). The Morgan fingerprint density at radius 1 is 1.29 bits per heavy atom. The zero-order chi connectivity index (χ0) is 10.1. The molecule has 1 saturated carbocycles. The van der Waals surface area contributed by atoms with E-state index in [1.165, 1.54) is 0 Å². The van der Waals surface area contributed by atoms with E-state index in [1.807, 2.05) is 12.1 Å². The first-order valence-corrected chi connectivity index (χ1v) is 5.28. The van der Waals surface area contributed by atoms with Crippen LogP contribution in [0.3, 0.4) is 0 Å². The second kappa shape index (κ2) is 3.97. The van der Waals surface area contributed by atoms with Gasteiger partial charge in [-0.15, -0.1) is 0 Å². The number of nitrogens with two attached hydrogens (primary N) is 1. The maximum absolute atomic E-state index is 5.97. The lowest BCUT2D eigenvalue weighted by atomic mass is 9.90. The highest BCUT2D eigenvalue weighted by molar-refractivity contribution is 6.42. The lowest BCUT2D eigenvalue weighted by molar-refractivity contribution is 0.101. The van der Waals surface area contributed by atoms with Gasteiger partial charge in [-0.25, -0.2) is 0 Å². The Hall–Kier alpha value is -0.440. The number of hydrogen-bond donors (Lipinski definition) is 1. The first kappa shape index (κ1) is 10.1. The van der Waals surface area contributed by atoms with E-state index in [2.05, 4.69) is 0 Å². The zero-order valence-electron chi connectivity index (χ0n) is 7.54. The van der Waals surface area contributed by atoms with Crippen molar-refractivity contribution in [2.75, 3.05) is 0 Å². The number of rotatable bonds is 2. The molecular formula is C10H11Cl2NO. The van der Waals surface area contributed by atoms with Gasteiger partial charge >= 0.3 is 0 Å². The van der Waals surface area contributed by atoms with Gasteiger partial charge in [-0.3, -0.25) is 0 Å². The van der Waals surface area contributed by atoms with E-state index in [9.17, 15) is 0 Å². The molecule has 4 heteroatoms. The minimum atomic E-state index is 0.195. The van der Waals surface area contributed by atoms with Crippen molar-refractivity contribution in [1.82, 2.24) is 0 Å². The summed E-state index contributed by atoms with van der Waals surface area (Å²) in [5, 5.41) is 1.00. The third kappa shape index (κ3) is 1.97. The molecule has 76 valence electrons. The Morgan fingerprint density at radius 2 is 2.00 bits per heavy atom. The molecule has 1 aliphatic carbocycles. The normalized spacial score (nSPS) is 25.6. The van der Waals surface area contributed by atoms with E-state index in [4.69, 9.17) is 33.7 Å². The van der Waals surface area contributed by atoms with Crippen LogP contribution in [-0.4, -0.2) is 12.1 Å². The van der Waals surface area contributed by atoms with E-state index >= 15 is 0 Å². The predicted molar refractivity (Wildman–Crippen MR) is 58.1 cm³/mol. The van der Waals surface area contributed by atoms with Gasteiger partial charge in [0.05, 0.1) is 5.02 Å². The van der Waals surface area contributed by atoms with E-state index in [0.29, 0.717) is 15.8 Å². The first-order valence-electron chi connectivity index (χ1n) is 4.53. The summed E-state index contributed by atoms with van der Waals surface area (Å²) in [6, 6.07) is 5.65. The third-order valence-corrected chi connectivity index (χ3v) is 3.14. The number of benzene rings is 1. The van der Waals surface area contributed by atoms with Crippen LogP contribution < -0.4 is 10.5 Å². The van der Waals surface area contributed by atoms with Gasteiger partial charge in [-0.2, -0.15) is 0 Å². The predicted octanol–water partition coefficient (Wildman–Crippen LogP) is 2.86. The quantitative estimate of drug-likeness (QED) is 0.850. The molecule has 0 amide bonds. The molecule has 0 aromatic heterocycles. The summed E-state index contributed by atoms with van der Waals surface area (Å²) in [5.74, 6) is 0.649. The van der Waals surface area contributed by atoms with Crippen molar-refractivity contribution in [1.29, 1.82) is 0 Å². The molecular weight excluding hydrogens is 221 g/mol. The van der Waals surface area contributed by atoms with Crippen molar-refractivity contribution < 1.29 is 4.74 Å². The summed E-state index contributed by atoms with van der Waals surface area (Å²) in [6.45, 7) is 0. The van der Waals surface area contributed by atoms with Gasteiger partial charge in [-0.05, 0) is 25.0 Å². The Labute approximate surface area is 92.9 Å². The van der Waals surface area contributed by atoms with Crippen molar-refractivity contribution in [3.05, 3.63) is 28.2 Å². The lowest BCUT2D eigenvalue weighted by Crippen LogP contribution is -2.43. The standard InChI is InChI=1S/C10H11Cl2NO/c11-8-2-1-3-9(10(8)12)14-7-4-6(13)5-7/h1-3,6-7H,4-5,13H2/t6-,7+. The number of ether oxygens (including phenoxy) is 1. The molecule has 0 saturated heterocycles. The highest BCUT2D eigenvalue weighted by Gasteiger charge is 2.28. The fraction of sp³-hybridized carbons (Fsp3) is 0.400. The summed E-state index contributed by atoms with van der Waals surface area (Å²) < 4.78 is 5.64. The van der Waals surface area contributed by atoms with Crippen LogP contribution in [-0.2, 0) is 0 Å². The molecule has 0 heterocycles. The molecule has 1 aromatic carbocycles. The average molecular weight is 232 g/mol. The molecule has 2 N–H and O–H groups in total. The van der Waals surface area contributed by atoms with E-state index < -0.39 is 0 Å². The van der Waals surface area contributed by atoms with Crippen LogP contribution in [0.1, 0.15) is 12.8 Å². The molecule has 1 aromatic rings. The fourth-order valence-electron chi connectivity index (χ4n) is 1.46. The maximum Gasteiger partial charge on any atom is 0.139 e. The van der Waals surface area contributed by atoms with Crippen LogP contribution in [0.15, 0.2) is 18.2 Å². The molecule has 0 radical (unpaired) electrons. The molecule has 0 bridgehead atoms. The molecule has 2 nitrogen and oxygen atoms in total. The van der Waals surface area contributed by atoms with Crippen molar-refractivity contribution in [2.24, 2.45) is 5.73 Å². The van der Waals surface area contributed by atoms with Gasteiger partial charge in [0.15, 0.2) is 0 Å². The molecule has 0 unspecified atom stereocenters. The lowest BCUT2D eigenvalue weighted by Gasteiger charge is -2.32. The Bertz CT molecular complexity index is 337. The van der Waals surface area contributed by atoms with Crippen molar-refractivity contribution >= 4 is 23.2 Å². The van der Waals surface area contributed by atoms with Crippen LogP contribution in [0.5, 0.6) is 5.75 Å². The number of hydrogen-bond acceptors (Lipinski definition) is 2. The van der Waals surface area contributed by atoms with Gasteiger partial charge in [0.25, 0.3) is 0 Å². The van der Waals surface area contributed by atoms with Gasteiger partial charge in [0.2, 0.25) is 0 Å². The van der Waals surface area contributed by atoms with Gasteiger partial charge < -0.3 is 10.5 Å². The second-order valence-electron chi connectivity index (χ2n) is 3.52. The number of halogens is 2. The zero-order valence-corrected chi connectivity index (χ0v) is 9.05. The monoisotopic (exact) mass is 231 g/mol. The average Bonchev–Trinajstić information content (AvgIpc) is 2.10. The van der Waals surface area contributed by atoms with Crippen LogP contribution >= 0.6 is 23.2 Å². The molecule has 0 spiro atoms. The topological polar surface area (TPSA) is 35.2 Å². The van der Waals surface area contributed by atoms with Crippen LogP contribution in [0.4, 0.5) is 0 Å². The molecule has 14 heavy (non-hydrogen) atoms. The maximum atomic E-state index is 5.97. The van der Waals surface area contributed by atoms with E-state index in [0.717, 1.165) is 12.8 Å². The summed E-state index contributed by atoms with van der Waals surface area (Å²) in [6.07, 6.45) is 1.98. The third-order valence-electron chi connectivity index (χ3n) is 2.34. The Morgan fingerprint density at radius 3 is 2.64 bits per heavy atom. The minimum Gasteiger partial charge on any atom is -0.489 e. The summed E-state index contributed by atoms with van der Waals surface area (Å²) >= 11 is 11.8. The summed E-state index contributed by atoms with van der Waals surface area (Å²) in [7, 11) is 0. The van der Waals surface area contributed by atoms with Gasteiger partial charge in [-0.1, -0.05) is 29.3 Å². The molecule has 1 fully saturated rings. The highest BCUT2D eigenvalue weighted by Crippen LogP contribution is 2.34. The smallest absolute Gasteiger partial charge is 0.139 e. The Balaban J connectivity index is 2.06. The van der Waals surface area contributed by atoms with Crippen molar-refractivity contribution in [3.63, 3.8) is 0 Å². The summed E-state index contributed by atoms with van der Waals surface area (Å²) in [5.41, 5.74) is 5.65. The van der Waals surface area contributed by atoms with E-state index in [-0.39, 0.29) is 12.1 Å². The van der Waals surface area contributed by atoms with Crippen molar-refractivity contribution in [2.45, 2.75) is 25.0 Å². The van der Waals surface area contributed by atoms with Gasteiger partial charge in [0.1, 0.15) is 16.9 Å². The van der Waals surface area contributed by atoms with Crippen molar-refractivity contribution in [3.8, 4) is 5.75 Å². The van der Waals surface area contributed by atoms with Crippen LogP contribution in [0.2, 0.25) is 10.0 Å². The highest BCUT2D eigenvalue weighted by atomic mass is 35.5. The Kier molecular flexibility index (Phi) is 2.86. The molecule has 1 aliphatic rings. The van der Waals surface area contributed by atoms with Crippen LogP contribution in [0, 0.1) is 0 Å². The van der Waals surface area contributed by atoms with Gasteiger partial charge in [0, 0.05) is 6.04 Å². The first-order chi connectivity index (χ1) is 6.66. The van der Waals surface area contributed by atoms with E-state index in [1.54, 1.807) is 6.07 Å². The SMILES string of the molecule is N[C@H]1C[C@@H](Oc2cccc(Cl)c2Cl)C1.